The van der Waals surface area contributed by atoms with Crippen LogP contribution in [-0.2, 0) is 14.4 Å². The van der Waals surface area contributed by atoms with E-state index in [9.17, 15) is 14.4 Å². The first-order valence-electron chi connectivity index (χ1n) is 2.79. The van der Waals surface area contributed by atoms with Crippen molar-refractivity contribution < 1.29 is 19.5 Å². The molecule has 11 heavy (non-hydrogen) atoms. The lowest BCUT2D eigenvalue weighted by molar-refractivity contribution is -0.138. The van der Waals surface area contributed by atoms with Crippen molar-refractivity contribution in [3.8, 4) is 0 Å². The topological polar surface area (TPSA) is 109 Å². The van der Waals surface area contributed by atoms with Gasteiger partial charge in [-0.2, -0.15) is 0 Å². The van der Waals surface area contributed by atoms with Gasteiger partial charge in [-0.25, -0.2) is 0 Å². The van der Waals surface area contributed by atoms with Crippen molar-refractivity contribution in [2.45, 2.75) is 6.04 Å². The first-order chi connectivity index (χ1) is 5.07. The Bertz CT molecular complexity index is 179. The summed E-state index contributed by atoms with van der Waals surface area (Å²) >= 11 is 0. The molecule has 0 aromatic heterocycles. The molecule has 0 radical (unpaired) electrons. The fourth-order valence-corrected chi connectivity index (χ4v) is 0.340. The number of nitrogens with two attached hydrogens (primary N) is 1. The highest BCUT2D eigenvalue weighted by atomic mass is 16.4. The molecule has 0 saturated carbocycles. The van der Waals surface area contributed by atoms with Gasteiger partial charge < -0.3 is 16.2 Å². The molecule has 0 aromatic carbocycles. The lowest BCUT2D eigenvalue weighted by Gasteiger charge is -2.04. The van der Waals surface area contributed by atoms with Gasteiger partial charge in [0.2, 0.25) is 6.29 Å². The molecule has 0 rings (SSSR count). The zero-order valence-electron chi connectivity index (χ0n) is 5.61. The van der Waals surface area contributed by atoms with E-state index in [1.165, 1.54) is 0 Å². The van der Waals surface area contributed by atoms with E-state index < -0.39 is 17.9 Å². The van der Waals surface area contributed by atoms with Crippen LogP contribution in [0.2, 0.25) is 0 Å². The Labute approximate surface area is 62.4 Å². The van der Waals surface area contributed by atoms with Crippen molar-refractivity contribution in [2.24, 2.45) is 5.73 Å². The number of hydrogen-bond acceptors (Lipinski definition) is 4. The van der Waals surface area contributed by atoms with Gasteiger partial charge in [0, 0.05) is 6.54 Å². The second-order valence-corrected chi connectivity index (χ2v) is 1.81. The van der Waals surface area contributed by atoms with Crippen LogP contribution in [0.25, 0.3) is 0 Å². The lowest BCUT2D eigenvalue weighted by Crippen LogP contribution is -2.42. The molecule has 0 aliphatic rings. The number of hydrogen-bond donors (Lipinski definition) is 3. The van der Waals surface area contributed by atoms with Gasteiger partial charge in [-0.3, -0.25) is 14.4 Å². The third kappa shape index (κ3) is 4.04. The summed E-state index contributed by atoms with van der Waals surface area (Å²) in [6.07, 6.45) is 0.0502. The summed E-state index contributed by atoms with van der Waals surface area (Å²) in [5.41, 5.74) is 4.99. The average molecular weight is 160 g/mol. The van der Waals surface area contributed by atoms with E-state index in [-0.39, 0.29) is 12.8 Å². The van der Waals surface area contributed by atoms with Crippen molar-refractivity contribution in [3.05, 3.63) is 0 Å². The number of carbonyl (C=O) groups excluding carboxylic acids is 2. The minimum Gasteiger partial charge on any atom is -0.480 e. The molecule has 0 bridgehead atoms. The van der Waals surface area contributed by atoms with Crippen LogP contribution in [0, 0.1) is 0 Å². The fourth-order valence-electron chi connectivity index (χ4n) is 0.340. The van der Waals surface area contributed by atoms with Crippen LogP contribution in [0.1, 0.15) is 0 Å². The van der Waals surface area contributed by atoms with Gasteiger partial charge in [-0.05, 0) is 0 Å². The number of rotatable bonds is 4. The average Bonchev–Trinajstić information content (AvgIpc) is 1.99. The number of carbonyl (C=O) groups is 3. The van der Waals surface area contributed by atoms with E-state index >= 15 is 0 Å². The maximum atomic E-state index is 10.2. The third-order valence-electron chi connectivity index (χ3n) is 0.920. The molecule has 1 amide bonds. The summed E-state index contributed by atoms with van der Waals surface area (Å²) in [5.74, 6) is -2.10. The second kappa shape index (κ2) is 4.40. The van der Waals surface area contributed by atoms with Gasteiger partial charge in [0.05, 0.1) is 0 Å². The summed E-state index contributed by atoms with van der Waals surface area (Å²) in [5, 5.41) is 10.2. The Morgan fingerprint density at radius 2 is 2.18 bits per heavy atom. The minimum atomic E-state index is -1.23. The largest absolute Gasteiger partial charge is 0.480 e. The third-order valence-corrected chi connectivity index (χ3v) is 0.920. The van der Waals surface area contributed by atoms with E-state index in [4.69, 9.17) is 10.8 Å². The van der Waals surface area contributed by atoms with Crippen LogP contribution in [-0.4, -0.2) is 35.9 Å². The normalized spacial score (nSPS) is 11.7. The predicted octanol–water partition coefficient (Wildman–Crippen LogP) is -2.29. The summed E-state index contributed by atoms with van der Waals surface area (Å²) in [4.78, 5) is 29.9. The quantitative estimate of drug-likeness (QED) is 0.317. The van der Waals surface area contributed by atoms with Gasteiger partial charge in [-0.1, -0.05) is 0 Å². The van der Waals surface area contributed by atoms with Crippen LogP contribution in [0.5, 0.6) is 0 Å². The van der Waals surface area contributed by atoms with Crippen LogP contribution in [0.15, 0.2) is 0 Å². The highest BCUT2D eigenvalue weighted by molar-refractivity contribution is 6.23. The Balaban J connectivity index is 3.62. The van der Waals surface area contributed by atoms with Gasteiger partial charge in [0.25, 0.3) is 5.91 Å². The predicted molar refractivity (Wildman–Crippen MR) is 34.7 cm³/mol. The smallest absolute Gasteiger partial charge is 0.322 e. The SMILES string of the molecule is N[C@H](CNC(=O)C=O)C(=O)O. The summed E-state index contributed by atoms with van der Waals surface area (Å²) < 4.78 is 0. The maximum Gasteiger partial charge on any atom is 0.322 e. The van der Waals surface area contributed by atoms with Crippen LogP contribution in [0.4, 0.5) is 0 Å². The molecule has 0 fully saturated rings. The highest BCUT2D eigenvalue weighted by Crippen LogP contribution is 1.73. The van der Waals surface area contributed by atoms with E-state index in [0.717, 1.165) is 0 Å². The molecular weight excluding hydrogens is 152 g/mol. The summed E-state index contributed by atoms with van der Waals surface area (Å²) in [7, 11) is 0. The number of nitrogens with one attached hydrogen (secondary N) is 1. The molecule has 1 atom stereocenters. The Hall–Kier alpha value is -1.43. The number of carboxylic acids is 1. The summed E-state index contributed by atoms with van der Waals surface area (Å²) in [6, 6.07) is -1.17. The second-order valence-electron chi connectivity index (χ2n) is 1.81. The van der Waals surface area contributed by atoms with Gasteiger partial charge in [-0.15, -0.1) is 0 Å². The van der Waals surface area contributed by atoms with Gasteiger partial charge in [0.1, 0.15) is 6.04 Å². The number of aldehydes is 1. The molecule has 0 spiro atoms. The van der Waals surface area contributed by atoms with E-state index in [1.54, 1.807) is 0 Å². The molecule has 4 N–H and O–H groups in total. The molecule has 0 aromatic rings. The zero-order chi connectivity index (χ0) is 8.85. The lowest BCUT2D eigenvalue weighted by atomic mass is 10.3. The Morgan fingerprint density at radius 1 is 1.64 bits per heavy atom. The highest BCUT2D eigenvalue weighted by Gasteiger charge is 2.11. The molecule has 0 aliphatic carbocycles. The zero-order valence-corrected chi connectivity index (χ0v) is 5.61. The number of carboxylic acid groups (broad SMARTS) is 1. The molecule has 6 nitrogen and oxygen atoms in total. The van der Waals surface area contributed by atoms with Crippen LogP contribution in [0.3, 0.4) is 0 Å². The first-order valence-corrected chi connectivity index (χ1v) is 2.79. The Kier molecular flexibility index (Phi) is 3.82. The van der Waals surface area contributed by atoms with Gasteiger partial charge in [0.15, 0.2) is 0 Å². The van der Waals surface area contributed by atoms with E-state index in [2.05, 4.69) is 0 Å². The van der Waals surface area contributed by atoms with Crippen molar-refractivity contribution in [1.82, 2.24) is 5.32 Å². The first kappa shape index (κ1) is 9.57. The number of amides is 1. The Morgan fingerprint density at radius 3 is 2.55 bits per heavy atom. The van der Waals surface area contributed by atoms with E-state index in [0.29, 0.717) is 0 Å². The molecule has 6 heteroatoms. The van der Waals surface area contributed by atoms with Crippen molar-refractivity contribution >= 4 is 18.2 Å². The van der Waals surface area contributed by atoms with Crippen LogP contribution >= 0.6 is 0 Å². The van der Waals surface area contributed by atoms with Crippen molar-refractivity contribution in [2.75, 3.05) is 6.54 Å². The van der Waals surface area contributed by atoms with Crippen molar-refractivity contribution in [1.29, 1.82) is 0 Å². The van der Waals surface area contributed by atoms with E-state index in [1.807, 2.05) is 5.32 Å². The minimum absolute atomic E-state index is 0.0502. The molecule has 0 saturated heterocycles. The molecule has 0 heterocycles. The maximum absolute atomic E-state index is 10.2. The molecular formula is C5H8N2O4. The van der Waals surface area contributed by atoms with Crippen LogP contribution < -0.4 is 11.1 Å². The van der Waals surface area contributed by atoms with Crippen molar-refractivity contribution in [3.63, 3.8) is 0 Å². The monoisotopic (exact) mass is 160 g/mol. The van der Waals surface area contributed by atoms with Gasteiger partial charge >= 0.3 is 5.97 Å². The number of aliphatic carboxylic acids is 1. The molecule has 0 aliphatic heterocycles. The molecule has 62 valence electrons. The summed E-state index contributed by atoms with van der Waals surface area (Å²) in [6.45, 7) is -0.243. The fraction of sp³-hybridized carbons (Fsp3) is 0.400. The molecule has 0 unspecified atom stereocenters. The standard InChI is InChI=1S/C5H8N2O4/c6-3(5(10)11)1-7-4(9)2-8/h2-3H,1,6H2,(H,7,9)(H,10,11)/t3-/m1/s1.